The monoisotopic (exact) mass is 184 g/mol. The van der Waals surface area contributed by atoms with Crippen LogP contribution in [0.2, 0.25) is 0 Å². The van der Waals surface area contributed by atoms with E-state index in [0.717, 1.165) is 38.9 Å². The minimum absolute atomic E-state index is 0.338. The number of likely N-dealkylation sites (tertiary alicyclic amines) is 1. The van der Waals surface area contributed by atoms with Crippen LogP contribution in [0, 0.1) is 0 Å². The van der Waals surface area contributed by atoms with Gasteiger partial charge in [-0.25, -0.2) is 0 Å². The zero-order chi connectivity index (χ0) is 9.68. The highest BCUT2D eigenvalue weighted by Gasteiger charge is 2.18. The summed E-state index contributed by atoms with van der Waals surface area (Å²) in [6.07, 6.45) is 2.89. The summed E-state index contributed by atoms with van der Waals surface area (Å²) >= 11 is 0. The highest BCUT2D eigenvalue weighted by Crippen LogP contribution is 2.09. The summed E-state index contributed by atoms with van der Waals surface area (Å²) in [5, 5.41) is 3.35. The van der Waals surface area contributed by atoms with Crippen molar-refractivity contribution in [2.24, 2.45) is 0 Å². The fraction of sp³-hybridized carbons (Fsp3) is 0.900. The zero-order valence-electron chi connectivity index (χ0n) is 8.68. The van der Waals surface area contributed by atoms with Gasteiger partial charge < -0.3 is 10.2 Å². The maximum Gasteiger partial charge on any atom is 0.222 e. The van der Waals surface area contributed by atoms with Gasteiger partial charge in [0.05, 0.1) is 0 Å². The van der Waals surface area contributed by atoms with Crippen LogP contribution in [0.4, 0.5) is 0 Å². The maximum atomic E-state index is 11.2. The van der Waals surface area contributed by atoms with E-state index in [2.05, 4.69) is 19.2 Å². The largest absolute Gasteiger partial charge is 0.343 e. The highest BCUT2D eigenvalue weighted by atomic mass is 16.2. The molecule has 3 heteroatoms. The summed E-state index contributed by atoms with van der Waals surface area (Å²) in [6.45, 7) is 7.20. The zero-order valence-corrected chi connectivity index (χ0v) is 8.68. The van der Waals surface area contributed by atoms with E-state index in [4.69, 9.17) is 0 Å². The first-order valence-corrected chi connectivity index (χ1v) is 5.21. The van der Waals surface area contributed by atoms with Crippen LogP contribution in [-0.4, -0.2) is 36.5 Å². The van der Waals surface area contributed by atoms with Crippen molar-refractivity contribution in [2.75, 3.05) is 19.6 Å². The topological polar surface area (TPSA) is 32.3 Å². The molecule has 1 aliphatic heterocycles. The first-order valence-electron chi connectivity index (χ1n) is 5.21. The first-order chi connectivity index (χ1) is 6.20. The number of carbonyl (C=O) groups excluding carboxylic acids is 1. The number of hydrogen-bond donors (Lipinski definition) is 1. The van der Waals surface area contributed by atoms with Crippen LogP contribution in [-0.2, 0) is 4.79 Å². The molecule has 76 valence electrons. The molecule has 0 aliphatic carbocycles. The van der Waals surface area contributed by atoms with Gasteiger partial charge in [-0.3, -0.25) is 4.79 Å². The maximum absolute atomic E-state index is 11.2. The van der Waals surface area contributed by atoms with Crippen LogP contribution in [0.5, 0.6) is 0 Å². The summed E-state index contributed by atoms with van der Waals surface area (Å²) in [7, 11) is 0. The van der Waals surface area contributed by atoms with Crippen molar-refractivity contribution < 1.29 is 4.79 Å². The van der Waals surface area contributed by atoms with Gasteiger partial charge in [-0.2, -0.15) is 0 Å². The summed E-state index contributed by atoms with van der Waals surface area (Å²) in [5.74, 6) is 0.338. The van der Waals surface area contributed by atoms with Gasteiger partial charge in [-0.15, -0.1) is 0 Å². The van der Waals surface area contributed by atoms with Crippen molar-refractivity contribution in [1.82, 2.24) is 10.2 Å². The average Bonchev–Trinajstić information content (AvgIpc) is 2.45. The molecule has 0 saturated carbocycles. The molecule has 1 heterocycles. The second-order valence-electron chi connectivity index (χ2n) is 3.95. The number of rotatable bonds is 5. The van der Waals surface area contributed by atoms with E-state index in [1.165, 1.54) is 0 Å². The summed E-state index contributed by atoms with van der Waals surface area (Å²) in [4.78, 5) is 13.2. The van der Waals surface area contributed by atoms with E-state index in [0.29, 0.717) is 11.9 Å². The third-order valence-corrected chi connectivity index (χ3v) is 2.33. The number of hydrogen-bond acceptors (Lipinski definition) is 2. The van der Waals surface area contributed by atoms with Crippen LogP contribution in [0.15, 0.2) is 0 Å². The Kier molecular flexibility index (Phi) is 4.22. The van der Waals surface area contributed by atoms with Crippen LogP contribution in [0.1, 0.15) is 33.1 Å². The van der Waals surface area contributed by atoms with Crippen LogP contribution in [0.3, 0.4) is 0 Å². The van der Waals surface area contributed by atoms with Crippen LogP contribution >= 0.6 is 0 Å². The molecule has 0 spiro atoms. The molecule has 0 aromatic heterocycles. The highest BCUT2D eigenvalue weighted by molar-refractivity contribution is 5.77. The van der Waals surface area contributed by atoms with Crippen molar-refractivity contribution in [2.45, 2.75) is 39.2 Å². The molecule has 1 aliphatic rings. The van der Waals surface area contributed by atoms with E-state index in [9.17, 15) is 4.79 Å². The Morgan fingerprint density at radius 2 is 2.31 bits per heavy atom. The molecule has 0 bridgehead atoms. The van der Waals surface area contributed by atoms with E-state index in [1.54, 1.807) is 0 Å². The van der Waals surface area contributed by atoms with E-state index < -0.39 is 0 Å². The SMILES string of the molecule is CC(C)NCCCN1CCCC1=O. The predicted molar refractivity (Wildman–Crippen MR) is 53.6 cm³/mol. The Morgan fingerprint density at radius 3 is 2.85 bits per heavy atom. The molecule has 1 saturated heterocycles. The molecule has 1 rings (SSSR count). The summed E-state index contributed by atoms with van der Waals surface area (Å²) in [6, 6.07) is 0.550. The average molecular weight is 184 g/mol. The Labute approximate surface area is 80.5 Å². The predicted octanol–water partition coefficient (Wildman–Crippen LogP) is 0.997. The number of amides is 1. The van der Waals surface area contributed by atoms with Gasteiger partial charge >= 0.3 is 0 Å². The van der Waals surface area contributed by atoms with Crippen molar-refractivity contribution >= 4 is 5.91 Å². The molecular formula is C10H20N2O. The molecule has 0 aromatic carbocycles. The molecule has 1 fully saturated rings. The summed E-state index contributed by atoms with van der Waals surface area (Å²) in [5.41, 5.74) is 0. The Balaban J connectivity index is 2.02. The lowest BCUT2D eigenvalue weighted by Gasteiger charge is -2.15. The van der Waals surface area contributed by atoms with Crippen LogP contribution < -0.4 is 5.32 Å². The van der Waals surface area contributed by atoms with Gasteiger partial charge in [0.2, 0.25) is 5.91 Å². The van der Waals surface area contributed by atoms with Gasteiger partial charge in [0.1, 0.15) is 0 Å². The van der Waals surface area contributed by atoms with Crippen molar-refractivity contribution in [3.8, 4) is 0 Å². The molecule has 0 atom stereocenters. The fourth-order valence-corrected chi connectivity index (χ4v) is 1.60. The first kappa shape index (κ1) is 10.5. The molecule has 0 unspecified atom stereocenters. The minimum atomic E-state index is 0.338. The third-order valence-electron chi connectivity index (χ3n) is 2.33. The van der Waals surface area contributed by atoms with Gasteiger partial charge in [0.25, 0.3) is 0 Å². The van der Waals surface area contributed by atoms with Crippen molar-refractivity contribution in [3.05, 3.63) is 0 Å². The lowest BCUT2D eigenvalue weighted by molar-refractivity contribution is -0.127. The Hall–Kier alpha value is -0.570. The lowest BCUT2D eigenvalue weighted by atomic mass is 10.3. The minimum Gasteiger partial charge on any atom is -0.343 e. The second kappa shape index (κ2) is 5.22. The molecule has 0 aromatic rings. The van der Waals surface area contributed by atoms with Gasteiger partial charge in [-0.1, -0.05) is 13.8 Å². The standard InChI is InChI=1S/C10H20N2O/c1-9(2)11-6-4-8-12-7-3-5-10(12)13/h9,11H,3-8H2,1-2H3. The van der Waals surface area contributed by atoms with E-state index in [-0.39, 0.29) is 0 Å². The summed E-state index contributed by atoms with van der Waals surface area (Å²) < 4.78 is 0. The van der Waals surface area contributed by atoms with Crippen molar-refractivity contribution in [1.29, 1.82) is 0 Å². The van der Waals surface area contributed by atoms with Gasteiger partial charge in [-0.05, 0) is 19.4 Å². The fourth-order valence-electron chi connectivity index (χ4n) is 1.60. The van der Waals surface area contributed by atoms with E-state index in [1.807, 2.05) is 4.90 Å². The third kappa shape index (κ3) is 3.77. The van der Waals surface area contributed by atoms with Crippen LogP contribution in [0.25, 0.3) is 0 Å². The number of nitrogens with zero attached hydrogens (tertiary/aromatic N) is 1. The Bertz CT molecular complexity index is 168. The number of carbonyl (C=O) groups is 1. The molecule has 13 heavy (non-hydrogen) atoms. The quantitative estimate of drug-likeness (QED) is 0.646. The van der Waals surface area contributed by atoms with Gasteiger partial charge in [0.15, 0.2) is 0 Å². The molecule has 1 amide bonds. The molecule has 0 radical (unpaired) electrons. The normalized spacial score (nSPS) is 17.5. The van der Waals surface area contributed by atoms with E-state index >= 15 is 0 Å². The van der Waals surface area contributed by atoms with Crippen molar-refractivity contribution in [3.63, 3.8) is 0 Å². The number of nitrogens with one attached hydrogen (secondary N) is 1. The molecule has 3 nitrogen and oxygen atoms in total. The second-order valence-corrected chi connectivity index (χ2v) is 3.95. The lowest BCUT2D eigenvalue weighted by Crippen LogP contribution is -2.30. The molecule has 1 N–H and O–H groups in total. The molecular weight excluding hydrogens is 164 g/mol. The van der Waals surface area contributed by atoms with Gasteiger partial charge in [0, 0.05) is 25.6 Å². The Morgan fingerprint density at radius 1 is 1.54 bits per heavy atom. The smallest absolute Gasteiger partial charge is 0.222 e.